The van der Waals surface area contributed by atoms with Gasteiger partial charge in [0.05, 0.1) is 21.8 Å². The lowest BCUT2D eigenvalue weighted by molar-refractivity contribution is -0.116. The van der Waals surface area contributed by atoms with Crippen LogP contribution in [-0.4, -0.2) is 41.7 Å². The predicted octanol–water partition coefficient (Wildman–Crippen LogP) is 2.39. The van der Waals surface area contributed by atoms with Crippen molar-refractivity contribution in [3.8, 4) is 0 Å². The van der Waals surface area contributed by atoms with Crippen LogP contribution in [0.15, 0.2) is 18.2 Å². The molecule has 104 valence electrons. The molecule has 1 aromatic carbocycles. The minimum atomic E-state index is -0.263. The maximum absolute atomic E-state index is 11.8. The van der Waals surface area contributed by atoms with E-state index in [4.69, 9.17) is 23.2 Å². The number of hydrogen-bond acceptors (Lipinski definition) is 3. The van der Waals surface area contributed by atoms with E-state index >= 15 is 0 Å². The molecule has 0 spiro atoms. The maximum Gasteiger partial charge on any atom is 0.225 e. The van der Waals surface area contributed by atoms with E-state index in [1.165, 1.54) is 0 Å². The van der Waals surface area contributed by atoms with Gasteiger partial charge in [-0.3, -0.25) is 4.79 Å². The molecule has 1 saturated heterocycles. The van der Waals surface area contributed by atoms with Crippen LogP contribution in [0.1, 0.15) is 12.8 Å². The quantitative estimate of drug-likeness (QED) is 0.898. The number of nitrogens with zero attached hydrogens (tertiary/aromatic N) is 1. The number of anilines is 1. The van der Waals surface area contributed by atoms with Crippen LogP contribution in [0.4, 0.5) is 5.69 Å². The Morgan fingerprint density at radius 1 is 1.42 bits per heavy atom. The highest BCUT2D eigenvalue weighted by atomic mass is 35.5. The molecule has 1 aliphatic rings. The summed E-state index contributed by atoms with van der Waals surface area (Å²) in [6, 6.07) is 5.09. The number of halogens is 2. The van der Waals surface area contributed by atoms with Crippen LogP contribution in [0, 0.1) is 0 Å². The second kappa shape index (κ2) is 6.57. The van der Waals surface area contributed by atoms with Gasteiger partial charge in [-0.1, -0.05) is 29.3 Å². The molecule has 0 unspecified atom stereocenters. The summed E-state index contributed by atoms with van der Waals surface area (Å²) >= 11 is 12.0. The summed E-state index contributed by atoms with van der Waals surface area (Å²) in [6.07, 6.45) is 0.868. The lowest BCUT2D eigenvalue weighted by Gasteiger charge is -2.15. The molecule has 0 saturated carbocycles. The first-order valence-electron chi connectivity index (χ1n) is 6.20. The van der Waals surface area contributed by atoms with Crippen molar-refractivity contribution < 1.29 is 9.90 Å². The molecule has 1 aliphatic heterocycles. The third kappa shape index (κ3) is 4.08. The van der Waals surface area contributed by atoms with Gasteiger partial charge in [-0.25, -0.2) is 0 Å². The number of para-hydroxylation sites is 1. The van der Waals surface area contributed by atoms with Crippen molar-refractivity contribution in [2.24, 2.45) is 0 Å². The Bertz CT molecular complexity index is 448. The lowest BCUT2D eigenvalue weighted by atomic mass is 10.3. The molecular weight excluding hydrogens is 287 g/mol. The Labute approximate surface area is 122 Å². The number of benzene rings is 1. The van der Waals surface area contributed by atoms with Crippen LogP contribution < -0.4 is 5.32 Å². The van der Waals surface area contributed by atoms with E-state index in [0.29, 0.717) is 35.2 Å². The van der Waals surface area contributed by atoms with E-state index in [1.54, 1.807) is 18.2 Å². The Morgan fingerprint density at radius 3 is 2.68 bits per heavy atom. The van der Waals surface area contributed by atoms with Gasteiger partial charge in [-0.05, 0) is 18.6 Å². The number of likely N-dealkylation sites (tertiary alicyclic amines) is 1. The molecule has 1 heterocycles. The Morgan fingerprint density at radius 2 is 2.11 bits per heavy atom. The van der Waals surface area contributed by atoms with Gasteiger partial charge in [0, 0.05) is 26.1 Å². The fourth-order valence-electron chi connectivity index (χ4n) is 2.09. The zero-order valence-electron chi connectivity index (χ0n) is 10.4. The second-order valence-corrected chi connectivity index (χ2v) is 5.45. The molecule has 0 aliphatic carbocycles. The average molecular weight is 303 g/mol. The molecule has 0 aromatic heterocycles. The van der Waals surface area contributed by atoms with Gasteiger partial charge >= 0.3 is 0 Å². The predicted molar refractivity (Wildman–Crippen MR) is 76.8 cm³/mol. The summed E-state index contributed by atoms with van der Waals surface area (Å²) in [5.41, 5.74) is 0.456. The lowest BCUT2D eigenvalue weighted by Crippen LogP contribution is -2.26. The first-order chi connectivity index (χ1) is 9.06. The van der Waals surface area contributed by atoms with Gasteiger partial charge < -0.3 is 15.3 Å². The number of amides is 1. The van der Waals surface area contributed by atoms with Crippen LogP contribution in [0.5, 0.6) is 0 Å². The van der Waals surface area contributed by atoms with Gasteiger partial charge in [0.15, 0.2) is 0 Å². The van der Waals surface area contributed by atoms with E-state index < -0.39 is 0 Å². The van der Waals surface area contributed by atoms with Crippen LogP contribution in [0.2, 0.25) is 10.0 Å². The largest absolute Gasteiger partial charge is 0.392 e. The number of rotatable bonds is 4. The minimum absolute atomic E-state index is 0.128. The van der Waals surface area contributed by atoms with Gasteiger partial charge in [-0.15, -0.1) is 0 Å². The van der Waals surface area contributed by atoms with E-state index in [2.05, 4.69) is 10.2 Å². The van der Waals surface area contributed by atoms with Gasteiger partial charge in [0.25, 0.3) is 0 Å². The third-order valence-electron chi connectivity index (χ3n) is 3.13. The molecule has 2 N–H and O–H groups in total. The highest BCUT2D eigenvalue weighted by Crippen LogP contribution is 2.29. The number of nitrogens with one attached hydrogen (secondary N) is 1. The molecule has 1 aromatic rings. The number of β-amino-alcohol motifs (C(OH)–C–C–N with tert-alkyl or cyclic N) is 1. The first-order valence-corrected chi connectivity index (χ1v) is 6.96. The van der Waals surface area contributed by atoms with Crippen molar-refractivity contribution >= 4 is 34.8 Å². The fourth-order valence-corrected chi connectivity index (χ4v) is 2.59. The Kier molecular flexibility index (Phi) is 5.05. The number of hydrogen-bond donors (Lipinski definition) is 2. The molecule has 1 amide bonds. The molecule has 1 atom stereocenters. The summed E-state index contributed by atoms with van der Waals surface area (Å²) < 4.78 is 0. The molecule has 19 heavy (non-hydrogen) atoms. The highest BCUT2D eigenvalue weighted by molar-refractivity contribution is 6.39. The third-order valence-corrected chi connectivity index (χ3v) is 3.76. The summed E-state index contributed by atoms with van der Waals surface area (Å²) in [7, 11) is 0. The van der Waals surface area contributed by atoms with Crippen molar-refractivity contribution in [3.63, 3.8) is 0 Å². The van der Waals surface area contributed by atoms with Crippen LogP contribution in [0.3, 0.4) is 0 Å². The maximum atomic E-state index is 11.8. The number of aliphatic hydroxyl groups is 1. The Hall–Kier alpha value is -0.810. The van der Waals surface area contributed by atoms with Crippen LogP contribution in [-0.2, 0) is 4.79 Å². The average Bonchev–Trinajstić information content (AvgIpc) is 2.77. The summed E-state index contributed by atoms with van der Waals surface area (Å²) in [6.45, 7) is 2.10. The zero-order valence-corrected chi connectivity index (χ0v) is 11.9. The van der Waals surface area contributed by atoms with Crippen molar-refractivity contribution in [2.45, 2.75) is 18.9 Å². The smallest absolute Gasteiger partial charge is 0.225 e. The molecule has 0 radical (unpaired) electrons. The number of aliphatic hydroxyl groups excluding tert-OH is 1. The van der Waals surface area contributed by atoms with E-state index in [1.807, 2.05) is 0 Å². The summed E-state index contributed by atoms with van der Waals surface area (Å²) in [4.78, 5) is 13.9. The molecule has 4 nitrogen and oxygen atoms in total. The van der Waals surface area contributed by atoms with Gasteiger partial charge in [-0.2, -0.15) is 0 Å². The number of carbonyl (C=O) groups is 1. The molecule has 1 fully saturated rings. The summed E-state index contributed by atoms with van der Waals surface area (Å²) in [5, 5.41) is 13.0. The first kappa shape index (κ1) is 14.6. The molecule has 2 rings (SSSR count). The van der Waals surface area contributed by atoms with Crippen LogP contribution in [0.25, 0.3) is 0 Å². The topological polar surface area (TPSA) is 52.6 Å². The Balaban J connectivity index is 1.84. The van der Waals surface area contributed by atoms with E-state index in [-0.39, 0.29) is 12.0 Å². The monoisotopic (exact) mass is 302 g/mol. The molecule has 6 heteroatoms. The van der Waals surface area contributed by atoms with Gasteiger partial charge in [0.2, 0.25) is 5.91 Å². The fraction of sp³-hybridized carbons (Fsp3) is 0.462. The van der Waals surface area contributed by atoms with Crippen molar-refractivity contribution in [1.29, 1.82) is 0 Å². The number of carbonyl (C=O) groups excluding carboxylic acids is 1. The van der Waals surface area contributed by atoms with Crippen molar-refractivity contribution in [1.82, 2.24) is 4.90 Å². The molecule has 0 bridgehead atoms. The minimum Gasteiger partial charge on any atom is -0.392 e. The molecular formula is C13H16Cl2N2O2. The van der Waals surface area contributed by atoms with Crippen LogP contribution >= 0.6 is 23.2 Å². The van der Waals surface area contributed by atoms with Crippen molar-refractivity contribution in [2.75, 3.05) is 25.0 Å². The highest BCUT2D eigenvalue weighted by Gasteiger charge is 2.20. The normalized spacial score (nSPS) is 19.6. The second-order valence-electron chi connectivity index (χ2n) is 4.64. The van der Waals surface area contributed by atoms with E-state index in [9.17, 15) is 9.90 Å². The van der Waals surface area contributed by atoms with E-state index in [0.717, 1.165) is 13.0 Å². The zero-order chi connectivity index (χ0) is 13.8. The van der Waals surface area contributed by atoms with Crippen molar-refractivity contribution in [3.05, 3.63) is 28.2 Å². The van der Waals surface area contributed by atoms with Gasteiger partial charge in [0.1, 0.15) is 0 Å². The summed E-state index contributed by atoms with van der Waals surface area (Å²) in [5.74, 6) is -0.128. The standard InChI is InChI=1S/C13H16Cl2N2O2/c14-10-2-1-3-11(15)13(10)16-12(19)5-7-17-6-4-9(18)8-17/h1-3,9,18H,4-8H2,(H,16,19)/t9-/m0/s1. The SMILES string of the molecule is O=C(CCN1CC[C@H](O)C1)Nc1c(Cl)cccc1Cl.